The first-order chi connectivity index (χ1) is 5.35. The van der Waals surface area contributed by atoms with Crippen LogP contribution in [-0.4, -0.2) is 30.9 Å². The van der Waals surface area contributed by atoms with Gasteiger partial charge in [0.15, 0.2) is 0 Å². The summed E-state index contributed by atoms with van der Waals surface area (Å²) in [5, 5.41) is 0. The summed E-state index contributed by atoms with van der Waals surface area (Å²) >= 11 is 0. The van der Waals surface area contributed by atoms with Gasteiger partial charge in [-0.2, -0.15) is 0 Å². The molecule has 0 saturated carbocycles. The van der Waals surface area contributed by atoms with Crippen molar-refractivity contribution in [2.75, 3.05) is 21.3 Å². The summed E-state index contributed by atoms with van der Waals surface area (Å²) in [6.07, 6.45) is 0. The molecule has 0 unspecified atom stereocenters. The van der Waals surface area contributed by atoms with Gasteiger partial charge in [-0.1, -0.05) is 0 Å². The van der Waals surface area contributed by atoms with E-state index in [4.69, 9.17) is 13.3 Å². The Morgan fingerprint density at radius 2 is 0.909 bits per heavy atom. The zero-order chi connectivity index (χ0) is 9.70. The highest BCUT2D eigenvalue weighted by Gasteiger charge is 2.09. The van der Waals surface area contributed by atoms with E-state index in [-0.39, 0.29) is 0 Å². The molecule has 0 aliphatic heterocycles. The van der Waals surface area contributed by atoms with Crippen LogP contribution in [0.3, 0.4) is 0 Å². The Hall–Kier alpha value is -0.423. The van der Waals surface area contributed by atoms with Crippen molar-refractivity contribution in [3.05, 3.63) is 26.3 Å². The Morgan fingerprint density at radius 1 is 0.727 bits per heavy atom. The third kappa shape index (κ3) is 17.7. The molecule has 0 heterocycles. The van der Waals surface area contributed by atoms with Gasteiger partial charge in [0.25, 0.3) is 0 Å². The van der Waals surface area contributed by atoms with Gasteiger partial charge < -0.3 is 13.3 Å². The Labute approximate surface area is 71.2 Å². The maximum atomic E-state index is 4.71. The van der Waals surface area contributed by atoms with Crippen molar-refractivity contribution in [3.63, 3.8) is 0 Å². The van der Waals surface area contributed by atoms with Gasteiger partial charge in [0.05, 0.1) is 0 Å². The Morgan fingerprint density at radius 3 is 0.909 bits per heavy atom. The van der Waals surface area contributed by atoms with Crippen LogP contribution in [0, 0.1) is 0 Å². The molecule has 0 aromatic carbocycles. The van der Waals surface area contributed by atoms with Crippen molar-refractivity contribution < 1.29 is 13.3 Å². The molecule has 11 heavy (non-hydrogen) atoms. The van der Waals surface area contributed by atoms with Crippen molar-refractivity contribution in [1.29, 1.82) is 0 Å². The van der Waals surface area contributed by atoms with Crippen LogP contribution in [0.15, 0.2) is 26.3 Å². The van der Waals surface area contributed by atoms with Crippen molar-refractivity contribution >= 4 is 9.53 Å². The quantitative estimate of drug-likeness (QED) is 0.483. The Bertz CT molecular complexity index is 50.1. The van der Waals surface area contributed by atoms with Crippen LogP contribution < -0.4 is 0 Å². The minimum absolute atomic E-state index is 1.36. The van der Waals surface area contributed by atoms with E-state index in [0.717, 1.165) is 0 Å². The van der Waals surface area contributed by atoms with E-state index in [9.17, 15) is 0 Å². The number of rotatable bonds is 3. The van der Waals surface area contributed by atoms with Crippen LogP contribution in [0.2, 0.25) is 0 Å². The average Bonchev–Trinajstić information content (AvgIpc) is 2.14. The van der Waals surface area contributed by atoms with E-state index >= 15 is 0 Å². The molecular weight excluding hydrogens is 160 g/mol. The summed E-state index contributed by atoms with van der Waals surface area (Å²) < 4.78 is 14.1. The molecule has 0 atom stereocenters. The lowest BCUT2D eigenvalue weighted by atomic mass is 11.3. The van der Waals surface area contributed by atoms with Crippen LogP contribution in [0.1, 0.15) is 0 Å². The first-order valence-electron chi connectivity index (χ1n) is 2.84. The lowest BCUT2D eigenvalue weighted by molar-refractivity contribution is 0.163. The Balaban J connectivity index is -0.000000138. The number of hydrogen-bond donors (Lipinski definition) is 0. The predicted molar refractivity (Wildman–Crippen MR) is 49.3 cm³/mol. The fourth-order valence-corrected chi connectivity index (χ4v) is 0.750. The Kier molecular flexibility index (Phi) is 34.8. The maximum Gasteiger partial charge on any atom is 0.576 e. The summed E-state index contributed by atoms with van der Waals surface area (Å²) in [5.74, 6) is 0. The van der Waals surface area contributed by atoms with Gasteiger partial charge >= 0.3 is 9.53 Å². The summed E-state index contributed by atoms with van der Waals surface area (Å²) in [6, 6.07) is 0. The molecule has 3 nitrogen and oxygen atoms in total. The fourth-order valence-electron chi connectivity index (χ4n) is 0.250. The molecule has 0 aliphatic carbocycles. The molecule has 0 aliphatic rings. The second kappa shape index (κ2) is 22.7. The van der Waals surface area contributed by atoms with Crippen molar-refractivity contribution in [2.24, 2.45) is 0 Å². The molecule has 0 amide bonds. The monoisotopic (exact) mass is 177 g/mol. The lowest BCUT2D eigenvalue weighted by Crippen LogP contribution is -2.21. The van der Waals surface area contributed by atoms with E-state index in [0.29, 0.717) is 0 Å². The van der Waals surface area contributed by atoms with Crippen LogP contribution >= 0.6 is 0 Å². The minimum Gasteiger partial charge on any atom is -0.375 e. The van der Waals surface area contributed by atoms with E-state index in [2.05, 4.69) is 26.3 Å². The normalized spacial score (nSPS) is 7.27. The molecule has 4 heteroatoms. The highest BCUT2D eigenvalue weighted by atomic mass is 28.3. The molecule has 0 saturated heterocycles. The van der Waals surface area contributed by atoms with Crippen LogP contribution in [0.4, 0.5) is 0 Å². The number of hydrogen-bond acceptors (Lipinski definition) is 3. The minimum atomic E-state index is -1.36. The third-order valence-electron chi connectivity index (χ3n) is 0.500. The molecule has 1 radical (unpaired) electrons. The van der Waals surface area contributed by atoms with Crippen LogP contribution in [0.5, 0.6) is 0 Å². The van der Waals surface area contributed by atoms with E-state index in [1.54, 1.807) is 21.3 Å². The molecule has 0 fully saturated rings. The molecule has 0 rings (SSSR count). The lowest BCUT2D eigenvalue weighted by Gasteiger charge is -2.02. The highest BCUT2D eigenvalue weighted by Crippen LogP contribution is 1.81. The van der Waals surface area contributed by atoms with Crippen molar-refractivity contribution in [2.45, 2.75) is 0 Å². The van der Waals surface area contributed by atoms with E-state index in [1.807, 2.05) is 0 Å². The zero-order valence-corrected chi connectivity index (χ0v) is 8.55. The smallest absolute Gasteiger partial charge is 0.375 e. The average molecular weight is 177 g/mol. The highest BCUT2D eigenvalue weighted by molar-refractivity contribution is 6.36. The molecular formula is C7H17O3Si. The second-order valence-corrected chi connectivity index (χ2v) is 2.59. The zero-order valence-electron chi connectivity index (χ0n) is 7.55. The first kappa shape index (κ1) is 16.9. The van der Waals surface area contributed by atoms with Gasteiger partial charge in [-0.15, -0.1) is 26.3 Å². The molecule has 67 valence electrons. The van der Waals surface area contributed by atoms with Gasteiger partial charge in [0.1, 0.15) is 0 Å². The summed E-state index contributed by atoms with van der Waals surface area (Å²) in [5.41, 5.74) is 0. The largest absolute Gasteiger partial charge is 0.576 e. The molecule has 0 aromatic rings. The summed E-state index contributed by atoms with van der Waals surface area (Å²) in [4.78, 5) is 0. The third-order valence-corrected chi connectivity index (χ3v) is 1.50. The van der Waals surface area contributed by atoms with Gasteiger partial charge in [0, 0.05) is 21.3 Å². The molecule has 0 spiro atoms. The van der Waals surface area contributed by atoms with E-state index < -0.39 is 9.53 Å². The fraction of sp³-hybridized carbons (Fsp3) is 0.429. The summed E-state index contributed by atoms with van der Waals surface area (Å²) in [7, 11) is 3.31. The topological polar surface area (TPSA) is 27.7 Å². The van der Waals surface area contributed by atoms with Crippen molar-refractivity contribution in [1.82, 2.24) is 0 Å². The first-order valence-corrected chi connectivity index (χ1v) is 4.06. The van der Waals surface area contributed by atoms with Gasteiger partial charge in [-0.25, -0.2) is 0 Å². The van der Waals surface area contributed by atoms with Gasteiger partial charge in [0.2, 0.25) is 0 Å². The van der Waals surface area contributed by atoms with Gasteiger partial charge in [-0.3, -0.25) is 0 Å². The predicted octanol–water partition coefficient (Wildman–Crippen LogP) is 1.51. The van der Waals surface area contributed by atoms with Gasteiger partial charge in [-0.05, 0) is 0 Å². The molecule has 0 N–H and O–H groups in total. The van der Waals surface area contributed by atoms with Crippen LogP contribution in [0.25, 0.3) is 0 Å². The summed E-state index contributed by atoms with van der Waals surface area (Å²) in [6.45, 7) is 12.0. The standard InChI is InChI=1S/C3H9O3Si.2C2H4/c1-4-7(5-2)6-3;2*1-2/h1-3H3;2*1-2H2. The SMILES string of the molecule is C=C.C=C.CO[Si](OC)OC. The second-order valence-electron chi connectivity index (χ2n) is 0.862. The maximum absolute atomic E-state index is 4.71. The molecule has 0 aromatic heterocycles. The van der Waals surface area contributed by atoms with Crippen molar-refractivity contribution in [3.8, 4) is 0 Å². The van der Waals surface area contributed by atoms with Crippen LogP contribution in [-0.2, 0) is 13.3 Å². The molecule has 0 bridgehead atoms. The van der Waals surface area contributed by atoms with E-state index in [1.165, 1.54) is 0 Å².